The lowest BCUT2D eigenvalue weighted by atomic mass is 10.1. The highest BCUT2D eigenvalue weighted by molar-refractivity contribution is 7.90. The number of hydrogen-bond acceptors (Lipinski definition) is 4. The standard InChI is InChI=1S/C11H20N2O5S/c1-19(17,18)7-3-5-12-11(16)13-6-2-4-9(13)8-10(14)15/h9H,2-8H2,1H3,(H,12,16)(H,14,15). The zero-order valence-corrected chi connectivity index (χ0v) is 11.8. The van der Waals surface area contributed by atoms with E-state index in [-0.39, 0.29) is 30.8 Å². The predicted octanol–water partition coefficient (Wildman–Crippen LogP) is 0.0698. The molecule has 0 aliphatic carbocycles. The first-order chi connectivity index (χ1) is 8.79. The third-order valence-corrected chi connectivity index (χ3v) is 4.05. The molecular weight excluding hydrogens is 272 g/mol. The van der Waals surface area contributed by atoms with Crippen molar-refractivity contribution in [2.45, 2.75) is 31.7 Å². The summed E-state index contributed by atoms with van der Waals surface area (Å²) < 4.78 is 21.8. The molecule has 1 heterocycles. The van der Waals surface area contributed by atoms with Crippen LogP contribution in [0.5, 0.6) is 0 Å². The number of likely N-dealkylation sites (tertiary alicyclic amines) is 1. The quantitative estimate of drug-likeness (QED) is 0.674. The van der Waals surface area contributed by atoms with Crippen molar-refractivity contribution in [2.24, 2.45) is 0 Å². The number of aliphatic carboxylic acids is 1. The minimum atomic E-state index is -3.01. The fourth-order valence-electron chi connectivity index (χ4n) is 2.15. The van der Waals surface area contributed by atoms with E-state index in [0.29, 0.717) is 19.4 Å². The minimum absolute atomic E-state index is 0.0336. The van der Waals surface area contributed by atoms with Crippen LogP contribution in [0.3, 0.4) is 0 Å². The zero-order chi connectivity index (χ0) is 14.5. The van der Waals surface area contributed by atoms with Crippen molar-refractivity contribution in [1.82, 2.24) is 10.2 Å². The van der Waals surface area contributed by atoms with Crippen LogP contribution in [0, 0.1) is 0 Å². The Kier molecular flexibility index (Phi) is 5.59. The second-order valence-electron chi connectivity index (χ2n) is 4.80. The molecule has 110 valence electrons. The molecule has 1 aliphatic heterocycles. The average molecular weight is 292 g/mol. The first-order valence-electron chi connectivity index (χ1n) is 6.23. The minimum Gasteiger partial charge on any atom is -0.481 e. The first kappa shape index (κ1) is 15.7. The number of urea groups is 1. The van der Waals surface area contributed by atoms with E-state index in [1.165, 1.54) is 4.90 Å². The van der Waals surface area contributed by atoms with Gasteiger partial charge in [0.2, 0.25) is 0 Å². The van der Waals surface area contributed by atoms with Crippen LogP contribution in [0.1, 0.15) is 25.7 Å². The molecule has 1 unspecified atom stereocenters. The van der Waals surface area contributed by atoms with Gasteiger partial charge in [0, 0.05) is 25.4 Å². The van der Waals surface area contributed by atoms with Gasteiger partial charge in [0.05, 0.1) is 12.2 Å². The number of carboxylic acids is 1. The van der Waals surface area contributed by atoms with Crippen molar-refractivity contribution in [3.05, 3.63) is 0 Å². The number of carboxylic acid groups (broad SMARTS) is 1. The Hall–Kier alpha value is -1.31. The van der Waals surface area contributed by atoms with Crippen molar-refractivity contribution in [3.8, 4) is 0 Å². The Labute approximate surface area is 112 Å². The van der Waals surface area contributed by atoms with Crippen LogP contribution in [0.15, 0.2) is 0 Å². The van der Waals surface area contributed by atoms with E-state index in [9.17, 15) is 18.0 Å². The summed E-state index contributed by atoms with van der Waals surface area (Å²) in [6.45, 7) is 0.831. The van der Waals surface area contributed by atoms with E-state index >= 15 is 0 Å². The Morgan fingerprint density at radius 2 is 2.11 bits per heavy atom. The molecule has 19 heavy (non-hydrogen) atoms. The molecule has 0 aromatic rings. The summed E-state index contributed by atoms with van der Waals surface area (Å²) >= 11 is 0. The number of hydrogen-bond donors (Lipinski definition) is 2. The molecule has 1 atom stereocenters. The van der Waals surface area contributed by atoms with Crippen LogP contribution < -0.4 is 5.32 Å². The van der Waals surface area contributed by atoms with E-state index in [4.69, 9.17) is 5.11 Å². The number of sulfone groups is 1. The zero-order valence-electron chi connectivity index (χ0n) is 11.0. The van der Waals surface area contributed by atoms with Crippen molar-refractivity contribution >= 4 is 21.8 Å². The van der Waals surface area contributed by atoms with Crippen molar-refractivity contribution < 1.29 is 23.1 Å². The third-order valence-electron chi connectivity index (χ3n) is 3.02. The monoisotopic (exact) mass is 292 g/mol. The molecule has 8 heteroatoms. The summed E-state index contributed by atoms with van der Waals surface area (Å²) in [6, 6.07) is -0.565. The van der Waals surface area contributed by atoms with Gasteiger partial charge in [-0.05, 0) is 19.3 Å². The first-order valence-corrected chi connectivity index (χ1v) is 8.29. The van der Waals surface area contributed by atoms with Gasteiger partial charge < -0.3 is 15.3 Å². The lowest BCUT2D eigenvalue weighted by Crippen LogP contribution is -2.44. The van der Waals surface area contributed by atoms with Gasteiger partial charge in [-0.25, -0.2) is 13.2 Å². The maximum absolute atomic E-state index is 11.8. The summed E-state index contributed by atoms with van der Waals surface area (Å²) in [5.74, 6) is -0.881. The van der Waals surface area contributed by atoms with E-state index in [2.05, 4.69) is 5.32 Å². The molecule has 1 aliphatic rings. The molecule has 7 nitrogen and oxygen atoms in total. The van der Waals surface area contributed by atoms with Crippen LogP contribution in [0.2, 0.25) is 0 Å². The van der Waals surface area contributed by atoms with E-state index in [1.807, 2.05) is 0 Å². The third kappa shape index (κ3) is 5.91. The van der Waals surface area contributed by atoms with Crippen LogP contribution in [-0.2, 0) is 14.6 Å². The van der Waals surface area contributed by atoms with Gasteiger partial charge in [-0.3, -0.25) is 4.79 Å². The number of nitrogens with one attached hydrogen (secondary N) is 1. The van der Waals surface area contributed by atoms with Gasteiger partial charge in [0.25, 0.3) is 0 Å². The maximum atomic E-state index is 11.8. The fourth-order valence-corrected chi connectivity index (χ4v) is 2.82. The topological polar surface area (TPSA) is 104 Å². The number of amides is 2. The molecule has 1 fully saturated rings. The second-order valence-corrected chi connectivity index (χ2v) is 7.06. The molecule has 0 spiro atoms. The molecule has 0 aromatic carbocycles. The highest BCUT2D eigenvalue weighted by Crippen LogP contribution is 2.19. The van der Waals surface area contributed by atoms with Gasteiger partial charge in [-0.2, -0.15) is 0 Å². The Balaban J connectivity index is 2.34. The van der Waals surface area contributed by atoms with Crippen LogP contribution >= 0.6 is 0 Å². The molecule has 0 aromatic heterocycles. The molecular formula is C11H20N2O5S. The Morgan fingerprint density at radius 1 is 1.42 bits per heavy atom. The molecule has 1 saturated heterocycles. The predicted molar refractivity (Wildman–Crippen MR) is 69.7 cm³/mol. The maximum Gasteiger partial charge on any atom is 0.317 e. The normalized spacial score (nSPS) is 19.4. The smallest absolute Gasteiger partial charge is 0.317 e. The lowest BCUT2D eigenvalue weighted by molar-refractivity contribution is -0.137. The fraction of sp³-hybridized carbons (Fsp3) is 0.818. The average Bonchev–Trinajstić information content (AvgIpc) is 2.70. The number of carbonyl (C=O) groups is 2. The molecule has 0 bridgehead atoms. The highest BCUT2D eigenvalue weighted by Gasteiger charge is 2.30. The van der Waals surface area contributed by atoms with Crippen molar-refractivity contribution in [3.63, 3.8) is 0 Å². The van der Waals surface area contributed by atoms with Crippen molar-refractivity contribution in [2.75, 3.05) is 25.1 Å². The summed E-state index contributed by atoms with van der Waals surface area (Å²) in [7, 11) is -3.01. The van der Waals surface area contributed by atoms with Gasteiger partial charge in [-0.1, -0.05) is 0 Å². The Morgan fingerprint density at radius 3 is 2.68 bits per heavy atom. The molecule has 0 radical (unpaired) electrons. The molecule has 1 rings (SSSR count). The summed E-state index contributed by atoms with van der Waals surface area (Å²) in [4.78, 5) is 24.0. The number of carbonyl (C=O) groups excluding carboxylic acids is 1. The van der Waals surface area contributed by atoms with Gasteiger partial charge in [0.1, 0.15) is 9.84 Å². The van der Waals surface area contributed by atoms with E-state index in [0.717, 1.165) is 12.7 Å². The van der Waals surface area contributed by atoms with Crippen molar-refractivity contribution in [1.29, 1.82) is 0 Å². The SMILES string of the molecule is CS(=O)(=O)CCCNC(=O)N1CCCC1CC(=O)O. The Bertz CT molecular complexity index is 434. The summed E-state index contributed by atoms with van der Waals surface area (Å²) in [5.41, 5.74) is 0. The van der Waals surface area contributed by atoms with E-state index in [1.54, 1.807) is 0 Å². The highest BCUT2D eigenvalue weighted by atomic mass is 32.2. The largest absolute Gasteiger partial charge is 0.481 e. The van der Waals surface area contributed by atoms with E-state index < -0.39 is 15.8 Å². The lowest BCUT2D eigenvalue weighted by Gasteiger charge is -2.23. The van der Waals surface area contributed by atoms with Gasteiger partial charge in [0.15, 0.2) is 0 Å². The second kappa shape index (κ2) is 6.74. The molecule has 0 saturated carbocycles. The summed E-state index contributed by atoms with van der Waals surface area (Å²) in [6.07, 6.45) is 2.97. The van der Waals surface area contributed by atoms with Gasteiger partial charge >= 0.3 is 12.0 Å². The number of rotatable bonds is 6. The molecule has 2 N–H and O–H groups in total. The van der Waals surface area contributed by atoms with Crippen LogP contribution in [0.4, 0.5) is 4.79 Å². The van der Waals surface area contributed by atoms with Gasteiger partial charge in [-0.15, -0.1) is 0 Å². The van der Waals surface area contributed by atoms with Crippen LogP contribution in [-0.4, -0.2) is 61.6 Å². The van der Waals surface area contributed by atoms with Crippen LogP contribution in [0.25, 0.3) is 0 Å². The molecule has 2 amide bonds. The number of nitrogens with zero attached hydrogens (tertiary/aromatic N) is 1. The summed E-state index contributed by atoms with van der Waals surface area (Å²) in [5, 5.41) is 11.4.